The molecule has 4 N–H and O–H groups in total. The quantitative estimate of drug-likeness (QED) is 0.309. The lowest BCUT2D eigenvalue weighted by molar-refractivity contribution is -0.137. The molecule has 3 aromatic carbocycles. The first-order valence-corrected chi connectivity index (χ1v) is 13.3. The summed E-state index contributed by atoms with van der Waals surface area (Å²) in [5.74, 6) is -0.0839. The largest absolute Gasteiger partial charge is 0.488 e. The van der Waals surface area contributed by atoms with Crippen LogP contribution in [0.4, 0.5) is 0 Å². The number of carboxylic acid groups (broad SMARTS) is 1. The lowest BCUT2D eigenvalue weighted by atomic mass is 9.84. The highest BCUT2D eigenvalue weighted by Crippen LogP contribution is 2.35. The molecule has 0 radical (unpaired) electrons. The summed E-state index contributed by atoms with van der Waals surface area (Å²) in [7, 11) is 1.87. The van der Waals surface area contributed by atoms with E-state index in [9.17, 15) is 9.90 Å². The van der Waals surface area contributed by atoms with Crippen molar-refractivity contribution in [1.82, 2.24) is 26.0 Å². The summed E-state index contributed by atoms with van der Waals surface area (Å²) >= 11 is 0. The highest BCUT2D eigenvalue weighted by atomic mass is 16.5. The lowest BCUT2D eigenvalue weighted by Crippen LogP contribution is -2.32. The van der Waals surface area contributed by atoms with E-state index in [4.69, 9.17) is 4.74 Å². The fourth-order valence-corrected chi connectivity index (χ4v) is 5.66. The molecule has 1 aliphatic heterocycles. The number of carbonyl (C=O) groups is 1. The molecule has 2 heterocycles. The lowest BCUT2D eigenvalue weighted by Gasteiger charge is -2.25. The van der Waals surface area contributed by atoms with Crippen molar-refractivity contribution in [2.75, 3.05) is 6.54 Å². The molecule has 0 bridgehead atoms. The molecule has 8 heteroatoms. The second-order valence-electron chi connectivity index (χ2n) is 10.6. The predicted molar refractivity (Wildman–Crippen MR) is 154 cm³/mol. The first-order valence-electron chi connectivity index (χ1n) is 13.3. The summed E-state index contributed by atoms with van der Waals surface area (Å²) in [6.07, 6.45) is 1.08. The molecule has 1 unspecified atom stereocenters. The Bertz CT molecular complexity index is 1500. The van der Waals surface area contributed by atoms with Crippen LogP contribution < -0.4 is 10.9 Å². The van der Waals surface area contributed by atoms with Gasteiger partial charge in [-0.25, -0.2) is 4.68 Å². The van der Waals surface area contributed by atoms with Gasteiger partial charge < -0.3 is 16.0 Å². The Hall–Kier alpha value is -3.75. The Balaban J connectivity index is 0.00000353. The normalized spacial score (nSPS) is 16.2. The molecule has 8 nitrogen and oxygen atoms in total. The minimum atomic E-state index is -0.821. The molecule has 4 aromatic rings. The third-order valence-corrected chi connectivity index (χ3v) is 7.89. The molecule has 0 aliphatic carbocycles. The van der Waals surface area contributed by atoms with Gasteiger partial charge in [-0.05, 0) is 66.6 Å². The minimum Gasteiger partial charge on any atom is -0.488 e. The number of carboxylic acids is 1. The maximum Gasteiger partial charge on any atom is 0.304 e. The van der Waals surface area contributed by atoms with Crippen molar-refractivity contribution in [3.63, 3.8) is 0 Å². The average molecular weight is 530 g/mol. The van der Waals surface area contributed by atoms with Crippen LogP contribution in [0.1, 0.15) is 64.6 Å². The van der Waals surface area contributed by atoms with Crippen molar-refractivity contribution < 1.29 is 14.6 Å². The van der Waals surface area contributed by atoms with Gasteiger partial charge in [-0.15, -0.1) is 5.10 Å². The van der Waals surface area contributed by atoms with Crippen LogP contribution in [0.5, 0.6) is 5.75 Å². The highest BCUT2D eigenvalue weighted by Gasteiger charge is 2.25. The van der Waals surface area contributed by atoms with Crippen LogP contribution in [0.15, 0.2) is 48.5 Å². The van der Waals surface area contributed by atoms with Crippen LogP contribution in [0.25, 0.3) is 11.0 Å². The van der Waals surface area contributed by atoms with Gasteiger partial charge in [0.15, 0.2) is 0 Å². The van der Waals surface area contributed by atoms with E-state index in [1.54, 1.807) is 4.68 Å². The minimum absolute atomic E-state index is 0. The molecular formula is C31H39N5O3. The van der Waals surface area contributed by atoms with Gasteiger partial charge in [-0.3, -0.25) is 9.69 Å². The van der Waals surface area contributed by atoms with Gasteiger partial charge in [0, 0.05) is 38.2 Å². The zero-order valence-electron chi connectivity index (χ0n) is 23.6. The average Bonchev–Trinajstić information content (AvgIpc) is 3.16. The van der Waals surface area contributed by atoms with Crippen molar-refractivity contribution in [3.05, 3.63) is 87.5 Å². The van der Waals surface area contributed by atoms with Crippen LogP contribution >= 0.6 is 0 Å². The van der Waals surface area contributed by atoms with E-state index < -0.39 is 5.97 Å². The molecule has 39 heavy (non-hydrogen) atoms. The standard InChI is InChI=1S/C31H36N4O3.H3N/c1-6-25-18-35(16-23-9-7-8-20(3)31(23)38-25)17-24-14-22(11-10-19(24)2)27(15-29(36)37)26-12-13-28-30(21(26)4)32-33-34(28)5;/h7-14,25,27H,6,15-18H2,1-5H3,(H,36,37);1H3/t25-,27?;/m1./s1. The molecule has 0 saturated heterocycles. The van der Waals surface area contributed by atoms with Crippen LogP contribution in [0.2, 0.25) is 0 Å². The Labute approximate surface area is 230 Å². The Morgan fingerprint density at radius 1 is 1.13 bits per heavy atom. The van der Waals surface area contributed by atoms with Crippen LogP contribution in [-0.4, -0.2) is 43.6 Å². The van der Waals surface area contributed by atoms with Crippen molar-refractivity contribution in [1.29, 1.82) is 0 Å². The molecule has 5 rings (SSSR count). The van der Waals surface area contributed by atoms with E-state index in [-0.39, 0.29) is 24.6 Å². The molecule has 0 spiro atoms. The summed E-state index contributed by atoms with van der Waals surface area (Å²) in [6, 6.07) is 16.8. The van der Waals surface area contributed by atoms with E-state index in [1.165, 1.54) is 22.3 Å². The van der Waals surface area contributed by atoms with Crippen LogP contribution in [-0.2, 0) is 24.9 Å². The zero-order valence-corrected chi connectivity index (χ0v) is 23.6. The number of hydrogen-bond donors (Lipinski definition) is 2. The monoisotopic (exact) mass is 529 g/mol. The molecule has 0 amide bonds. The van der Waals surface area contributed by atoms with E-state index in [0.717, 1.165) is 59.5 Å². The zero-order chi connectivity index (χ0) is 27.0. The topological polar surface area (TPSA) is 115 Å². The predicted octanol–water partition coefficient (Wildman–Crippen LogP) is 5.84. The van der Waals surface area contributed by atoms with Gasteiger partial charge in [0.2, 0.25) is 0 Å². The molecule has 0 saturated carbocycles. The molecule has 1 aromatic heterocycles. The second kappa shape index (κ2) is 11.6. The van der Waals surface area contributed by atoms with E-state index in [0.29, 0.717) is 0 Å². The third-order valence-electron chi connectivity index (χ3n) is 7.89. The number of para-hydroxylation sites is 1. The Morgan fingerprint density at radius 3 is 2.67 bits per heavy atom. The number of aromatic nitrogens is 3. The van der Waals surface area contributed by atoms with E-state index >= 15 is 0 Å². The fourth-order valence-electron chi connectivity index (χ4n) is 5.66. The number of fused-ring (bicyclic) bond motifs is 2. The number of benzene rings is 3. The maximum absolute atomic E-state index is 12.0. The molecule has 2 atom stereocenters. The van der Waals surface area contributed by atoms with Gasteiger partial charge in [0.05, 0.1) is 11.9 Å². The van der Waals surface area contributed by atoms with Crippen molar-refractivity contribution in [2.45, 2.75) is 65.6 Å². The summed E-state index contributed by atoms with van der Waals surface area (Å²) in [6.45, 7) is 10.9. The molecule has 0 fully saturated rings. The highest BCUT2D eigenvalue weighted by molar-refractivity contribution is 5.80. The van der Waals surface area contributed by atoms with Crippen molar-refractivity contribution in [2.24, 2.45) is 7.05 Å². The van der Waals surface area contributed by atoms with E-state index in [2.05, 4.69) is 72.4 Å². The van der Waals surface area contributed by atoms with E-state index in [1.807, 2.05) is 26.1 Å². The van der Waals surface area contributed by atoms with Crippen molar-refractivity contribution >= 4 is 17.0 Å². The first kappa shape index (κ1) is 28.3. The number of aryl methyl sites for hydroxylation is 4. The summed E-state index contributed by atoms with van der Waals surface area (Å²) in [5, 5.41) is 18.3. The fraction of sp³-hybridized carbons (Fsp3) is 0.387. The van der Waals surface area contributed by atoms with Gasteiger partial charge in [-0.2, -0.15) is 0 Å². The van der Waals surface area contributed by atoms with Gasteiger partial charge >= 0.3 is 5.97 Å². The molecular weight excluding hydrogens is 490 g/mol. The van der Waals surface area contributed by atoms with Crippen molar-refractivity contribution in [3.8, 4) is 5.75 Å². The Kier molecular flexibility index (Phi) is 8.37. The number of ether oxygens (including phenoxy) is 1. The van der Waals surface area contributed by atoms with Crippen LogP contribution in [0.3, 0.4) is 0 Å². The summed E-state index contributed by atoms with van der Waals surface area (Å²) in [4.78, 5) is 14.5. The van der Waals surface area contributed by atoms with Gasteiger partial charge in [0.25, 0.3) is 0 Å². The molecule has 206 valence electrons. The number of hydrogen-bond acceptors (Lipinski definition) is 6. The molecule has 1 aliphatic rings. The smallest absolute Gasteiger partial charge is 0.304 e. The van der Waals surface area contributed by atoms with Crippen LogP contribution in [0, 0.1) is 20.8 Å². The third kappa shape index (κ3) is 5.67. The van der Waals surface area contributed by atoms with Gasteiger partial charge in [0.1, 0.15) is 17.4 Å². The first-order chi connectivity index (χ1) is 18.2. The van der Waals surface area contributed by atoms with Gasteiger partial charge in [-0.1, -0.05) is 54.6 Å². The maximum atomic E-state index is 12.0. The number of nitrogens with zero attached hydrogens (tertiary/aromatic N) is 4. The summed E-state index contributed by atoms with van der Waals surface area (Å²) < 4.78 is 8.18. The number of aliphatic carboxylic acids is 1. The second-order valence-corrected chi connectivity index (χ2v) is 10.6. The Morgan fingerprint density at radius 2 is 1.92 bits per heavy atom. The SMILES string of the molecule is CC[C@@H]1CN(Cc2cc(C(CC(=O)O)c3ccc4c(nnn4C)c3C)ccc2C)Cc2cccc(C)c2O1.N. The summed E-state index contributed by atoms with van der Waals surface area (Å²) in [5.41, 5.74) is 9.52. The number of rotatable bonds is 7.